The van der Waals surface area contributed by atoms with Crippen molar-refractivity contribution in [2.45, 2.75) is 43.8 Å². The normalized spacial score (nSPS) is 25.6. The van der Waals surface area contributed by atoms with Crippen molar-refractivity contribution >= 4 is 35.6 Å². The molecule has 10 heteroatoms. The molecule has 0 radical (unpaired) electrons. The molecule has 9 nitrogen and oxygen atoms in total. The van der Waals surface area contributed by atoms with Crippen molar-refractivity contribution in [2.24, 2.45) is 17.8 Å². The summed E-state index contributed by atoms with van der Waals surface area (Å²) in [5, 5.41) is 5.47. The number of carbonyl (C=O) groups is 2. The van der Waals surface area contributed by atoms with Crippen LogP contribution < -0.4 is 22.1 Å². The molecule has 2 aliphatic rings. The van der Waals surface area contributed by atoms with Gasteiger partial charge in [0.2, 0.25) is 17.8 Å². The summed E-state index contributed by atoms with van der Waals surface area (Å²) in [7, 11) is 0. The van der Waals surface area contributed by atoms with Gasteiger partial charge < -0.3 is 16.8 Å². The van der Waals surface area contributed by atoms with Crippen molar-refractivity contribution in [3.8, 4) is 0 Å². The van der Waals surface area contributed by atoms with Gasteiger partial charge in [-0.15, -0.1) is 0 Å². The molecule has 2 aliphatic carbocycles. The number of thioether (sulfide) groups is 1. The number of hydrogen-bond acceptors (Lipinski definition) is 8. The number of anilines is 2. The fraction of sp³-hybridized carbons (Fsp3) is 0.667. The minimum Gasteiger partial charge on any atom is -0.368 e. The van der Waals surface area contributed by atoms with Gasteiger partial charge in [-0.2, -0.15) is 15.0 Å². The van der Waals surface area contributed by atoms with Gasteiger partial charge in [-0.1, -0.05) is 18.2 Å². The third-order valence-electron chi connectivity index (χ3n) is 5.03. The van der Waals surface area contributed by atoms with E-state index in [9.17, 15) is 9.59 Å². The predicted octanol–water partition coefficient (Wildman–Crippen LogP) is 0.779. The lowest BCUT2D eigenvalue weighted by atomic mass is 9.84. The summed E-state index contributed by atoms with van der Waals surface area (Å²) in [6, 6.07) is -0.394. The first-order chi connectivity index (χ1) is 11.9. The second-order valence-electron chi connectivity index (χ2n) is 6.77. The number of aromatic nitrogens is 3. The van der Waals surface area contributed by atoms with E-state index in [1.807, 2.05) is 6.92 Å². The lowest BCUT2D eigenvalue weighted by Gasteiger charge is -2.28. The van der Waals surface area contributed by atoms with Crippen LogP contribution in [0, 0.1) is 17.8 Å². The summed E-state index contributed by atoms with van der Waals surface area (Å²) in [5.41, 5.74) is 10.9. The molecule has 0 unspecified atom stereocenters. The van der Waals surface area contributed by atoms with E-state index in [1.54, 1.807) is 0 Å². The summed E-state index contributed by atoms with van der Waals surface area (Å²) in [6.45, 7) is 2.01. The van der Waals surface area contributed by atoms with E-state index < -0.39 is 11.9 Å². The molecule has 25 heavy (non-hydrogen) atoms. The highest BCUT2D eigenvalue weighted by molar-refractivity contribution is 7.99. The molecule has 1 heterocycles. The molecule has 3 amide bonds. The molecule has 0 aromatic carbocycles. The van der Waals surface area contributed by atoms with Gasteiger partial charge in [0.25, 0.3) is 0 Å². The zero-order chi connectivity index (χ0) is 18.0. The largest absolute Gasteiger partial charge is 0.368 e. The van der Waals surface area contributed by atoms with E-state index in [1.165, 1.54) is 25.7 Å². The number of hydrogen-bond donors (Lipinski definition) is 4. The summed E-state index contributed by atoms with van der Waals surface area (Å²) in [4.78, 5) is 35.3. The highest BCUT2D eigenvalue weighted by Gasteiger charge is 2.42. The second kappa shape index (κ2) is 7.42. The van der Waals surface area contributed by atoms with E-state index in [0.29, 0.717) is 11.8 Å². The molecule has 6 N–H and O–H groups in total. The van der Waals surface area contributed by atoms with E-state index in [2.05, 4.69) is 25.6 Å². The number of amides is 3. The Morgan fingerprint density at radius 1 is 1.20 bits per heavy atom. The Bertz CT molecular complexity index is 651. The van der Waals surface area contributed by atoms with Crippen molar-refractivity contribution in [2.75, 3.05) is 17.2 Å². The van der Waals surface area contributed by atoms with Crippen molar-refractivity contribution in [1.82, 2.24) is 25.6 Å². The van der Waals surface area contributed by atoms with Crippen LogP contribution in [0.3, 0.4) is 0 Å². The van der Waals surface area contributed by atoms with Gasteiger partial charge in [-0.05, 0) is 43.9 Å². The van der Waals surface area contributed by atoms with Crippen LogP contribution in [0.1, 0.15) is 32.6 Å². The third kappa shape index (κ3) is 4.50. The van der Waals surface area contributed by atoms with E-state index in [-0.39, 0.29) is 28.8 Å². The third-order valence-corrected chi connectivity index (χ3v) is 5.88. The SMILES string of the molecule is C[C@H](NC(=O)NC(=O)CSc1nc(N)nc(N)n1)[C@H]1C[C@@H]2CC[C@@H]1C2. The molecule has 136 valence electrons. The second-order valence-corrected chi connectivity index (χ2v) is 7.71. The molecule has 0 saturated heterocycles. The number of rotatable bonds is 5. The number of urea groups is 1. The molecule has 2 fully saturated rings. The van der Waals surface area contributed by atoms with E-state index in [4.69, 9.17) is 11.5 Å². The van der Waals surface area contributed by atoms with Crippen LogP contribution in [-0.2, 0) is 4.79 Å². The molecule has 1 aromatic heterocycles. The number of nitrogens with one attached hydrogen (secondary N) is 2. The average molecular weight is 365 g/mol. The number of nitrogens with two attached hydrogens (primary N) is 2. The number of nitrogens with zero attached hydrogens (tertiary/aromatic N) is 3. The number of imide groups is 1. The molecule has 3 rings (SSSR count). The van der Waals surface area contributed by atoms with Gasteiger partial charge in [0.15, 0.2) is 5.16 Å². The molecule has 2 saturated carbocycles. The van der Waals surface area contributed by atoms with E-state index in [0.717, 1.165) is 17.7 Å². The topological polar surface area (TPSA) is 149 Å². The fourth-order valence-electron chi connectivity index (χ4n) is 4.00. The van der Waals surface area contributed by atoms with Crippen molar-refractivity contribution in [3.63, 3.8) is 0 Å². The molecule has 0 aliphatic heterocycles. The van der Waals surface area contributed by atoms with Gasteiger partial charge in [-0.25, -0.2) is 4.79 Å². The van der Waals surface area contributed by atoms with Crippen LogP contribution >= 0.6 is 11.8 Å². The molecule has 1 aromatic rings. The summed E-state index contributed by atoms with van der Waals surface area (Å²) in [6.07, 6.45) is 5.04. The highest BCUT2D eigenvalue weighted by atomic mass is 32.2. The van der Waals surface area contributed by atoms with Crippen LogP contribution in [0.25, 0.3) is 0 Å². The van der Waals surface area contributed by atoms with Crippen molar-refractivity contribution in [3.05, 3.63) is 0 Å². The molecular weight excluding hydrogens is 342 g/mol. The van der Waals surface area contributed by atoms with Crippen LogP contribution in [0.15, 0.2) is 5.16 Å². The monoisotopic (exact) mass is 365 g/mol. The first-order valence-corrected chi connectivity index (χ1v) is 9.39. The van der Waals surface area contributed by atoms with Gasteiger partial charge in [0, 0.05) is 6.04 Å². The first-order valence-electron chi connectivity index (χ1n) is 8.41. The Morgan fingerprint density at radius 2 is 1.92 bits per heavy atom. The van der Waals surface area contributed by atoms with Gasteiger partial charge >= 0.3 is 6.03 Å². The fourth-order valence-corrected chi connectivity index (χ4v) is 4.65. The Labute approximate surface area is 150 Å². The quantitative estimate of drug-likeness (QED) is 0.559. The Kier molecular flexibility index (Phi) is 5.26. The van der Waals surface area contributed by atoms with Crippen LogP contribution in [0.4, 0.5) is 16.7 Å². The Morgan fingerprint density at radius 3 is 2.52 bits per heavy atom. The summed E-state index contributed by atoms with van der Waals surface area (Å²) < 4.78 is 0. The Balaban J connectivity index is 1.42. The van der Waals surface area contributed by atoms with Gasteiger partial charge in [-0.3, -0.25) is 10.1 Å². The van der Waals surface area contributed by atoms with Crippen LogP contribution in [-0.4, -0.2) is 38.7 Å². The summed E-state index contributed by atoms with van der Waals surface area (Å²) in [5.74, 6) is 1.59. The van der Waals surface area contributed by atoms with E-state index >= 15 is 0 Å². The lowest BCUT2D eigenvalue weighted by molar-refractivity contribution is -0.117. The van der Waals surface area contributed by atoms with Crippen molar-refractivity contribution < 1.29 is 9.59 Å². The average Bonchev–Trinajstić information content (AvgIpc) is 3.15. The van der Waals surface area contributed by atoms with Gasteiger partial charge in [0.1, 0.15) is 0 Å². The number of nitrogen functional groups attached to an aromatic ring is 2. The van der Waals surface area contributed by atoms with Gasteiger partial charge in [0.05, 0.1) is 5.75 Å². The standard InChI is InChI=1S/C15H23N7O2S/c1-7(10-5-8-2-3-9(10)4-8)18-14(24)19-11(23)6-25-15-21-12(16)20-13(17)22-15/h7-10H,2-6H2,1H3,(H2,18,19,23,24)(H4,16,17,20,21,22)/t7-,8+,9+,10+/m0/s1. The minimum atomic E-state index is -0.462. The first kappa shape index (κ1) is 17.7. The zero-order valence-corrected chi connectivity index (χ0v) is 14.9. The highest BCUT2D eigenvalue weighted by Crippen LogP contribution is 2.49. The lowest BCUT2D eigenvalue weighted by Crippen LogP contribution is -2.47. The zero-order valence-electron chi connectivity index (χ0n) is 14.1. The maximum Gasteiger partial charge on any atom is 0.321 e. The smallest absolute Gasteiger partial charge is 0.321 e. The molecule has 0 spiro atoms. The molecule has 4 atom stereocenters. The predicted molar refractivity (Wildman–Crippen MR) is 94.5 cm³/mol. The van der Waals surface area contributed by atoms with Crippen LogP contribution in [0.2, 0.25) is 0 Å². The van der Waals surface area contributed by atoms with Crippen LogP contribution in [0.5, 0.6) is 0 Å². The number of fused-ring (bicyclic) bond motifs is 2. The molecule has 2 bridgehead atoms. The molecular formula is C15H23N7O2S. The van der Waals surface area contributed by atoms with Crippen molar-refractivity contribution in [1.29, 1.82) is 0 Å². The Hall–Kier alpha value is -2.10. The maximum atomic E-state index is 12.0. The summed E-state index contributed by atoms with van der Waals surface area (Å²) >= 11 is 1.04. The minimum absolute atomic E-state index is 0.00663. The number of carbonyl (C=O) groups excluding carboxylic acids is 2. The maximum absolute atomic E-state index is 12.0.